The summed E-state index contributed by atoms with van der Waals surface area (Å²) in [7, 11) is 0. The van der Waals surface area contributed by atoms with Crippen LogP contribution < -0.4 is 0 Å². The maximum absolute atomic E-state index is 8.78. The molecule has 0 bridgehead atoms. The van der Waals surface area contributed by atoms with Gasteiger partial charge in [-0.2, -0.15) is 5.26 Å². The maximum atomic E-state index is 8.78. The van der Waals surface area contributed by atoms with Gasteiger partial charge in [0.1, 0.15) is 0 Å². The fourth-order valence-electron chi connectivity index (χ4n) is 4.90. The van der Waals surface area contributed by atoms with Crippen molar-refractivity contribution in [3.8, 4) is 6.07 Å². The number of hydrogen-bond acceptors (Lipinski definition) is 2. The summed E-state index contributed by atoms with van der Waals surface area (Å²) in [4.78, 5) is 2.66. The Bertz CT molecular complexity index is 882. The van der Waals surface area contributed by atoms with Gasteiger partial charge in [0.2, 0.25) is 0 Å². The molecule has 150 valence electrons. The van der Waals surface area contributed by atoms with E-state index in [-0.39, 0.29) is 5.54 Å². The molecule has 0 unspecified atom stereocenters. The molecular weight excluding hydrogens is 364 g/mol. The van der Waals surface area contributed by atoms with E-state index in [1.165, 1.54) is 16.7 Å². The van der Waals surface area contributed by atoms with Gasteiger partial charge in [-0.1, -0.05) is 97.1 Å². The van der Waals surface area contributed by atoms with Crippen molar-refractivity contribution in [2.75, 3.05) is 13.1 Å². The van der Waals surface area contributed by atoms with E-state index in [4.69, 9.17) is 5.26 Å². The monoisotopic (exact) mass is 392 g/mol. The topological polar surface area (TPSA) is 27.0 Å². The standard InChI is InChI=1S/C28H28N2/c29-21-11-10-12-24-19-22-30(23-20-24)28(25-13-4-1-5-14-25,26-15-6-2-7-16-26)27-17-8-3-9-18-27/h1-11,13-18,24H,12,19-20,22-23H2/b11-10+. The molecule has 0 aromatic heterocycles. The van der Waals surface area contributed by atoms with E-state index in [2.05, 4.69) is 102 Å². The van der Waals surface area contributed by atoms with Gasteiger partial charge in [-0.05, 0) is 55.0 Å². The number of allylic oxidation sites excluding steroid dienone is 2. The van der Waals surface area contributed by atoms with E-state index in [1.54, 1.807) is 6.08 Å². The van der Waals surface area contributed by atoms with Gasteiger partial charge in [-0.3, -0.25) is 4.90 Å². The van der Waals surface area contributed by atoms with E-state index in [0.29, 0.717) is 5.92 Å². The second-order valence-electron chi connectivity index (χ2n) is 8.01. The van der Waals surface area contributed by atoms with Crippen LogP contribution in [0.5, 0.6) is 0 Å². The highest BCUT2D eigenvalue weighted by molar-refractivity contribution is 5.49. The molecule has 3 aromatic carbocycles. The summed E-state index contributed by atoms with van der Waals surface area (Å²) >= 11 is 0. The smallest absolute Gasteiger partial charge is 0.0972 e. The predicted octanol–water partition coefficient (Wildman–Crippen LogP) is 6.16. The van der Waals surface area contributed by atoms with Crippen LogP contribution >= 0.6 is 0 Å². The lowest BCUT2D eigenvalue weighted by Crippen LogP contribution is -2.51. The van der Waals surface area contributed by atoms with E-state index < -0.39 is 0 Å². The molecule has 3 aromatic rings. The van der Waals surface area contributed by atoms with Crippen molar-refractivity contribution in [2.45, 2.75) is 24.8 Å². The van der Waals surface area contributed by atoms with Gasteiger partial charge < -0.3 is 0 Å². The Hall–Kier alpha value is -3.15. The summed E-state index contributed by atoms with van der Waals surface area (Å²) < 4.78 is 0. The highest BCUT2D eigenvalue weighted by Crippen LogP contribution is 2.44. The van der Waals surface area contributed by atoms with Gasteiger partial charge in [-0.15, -0.1) is 0 Å². The number of likely N-dealkylation sites (tertiary alicyclic amines) is 1. The lowest BCUT2D eigenvalue weighted by Gasteiger charge is -2.48. The third-order valence-electron chi connectivity index (χ3n) is 6.33. The summed E-state index contributed by atoms with van der Waals surface area (Å²) in [6.07, 6.45) is 6.93. The predicted molar refractivity (Wildman–Crippen MR) is 123 cm³/mol. The van der Waals surface area contributed by atoms with Crippen LogP contribution in [-0.2, 0) is 5.54 Å². The summed E-state index contributed by atoms with van der Waals surface area (Å²) in [6.45, 7) is 2.06. The van der Waals surface area contributed by atoms with Gasteiger partial charge in [0.05, 0.1) is 11.6 Å². The molecule has 1 fully saturated rings. The van der Waals surface area contributed by atoms with Crippen molar-refractivity contribution in [3.05, 3.63) is 120 Å². The van der Waals surface area contributed by atoms with E-state index in [9.17, 15) is 0 Å². The molecule has 4 rings (SSSR count). The Labute approximate surface area is 180 Å². The first-order chi connectivity index (χ1) is 14.9. The average molecular weight is 393 g/mol. The van der Waals surface area contributed by atoms with Crippen molar-refractivity contribution in [2.24, 2.45) is 5.92 Å². The molecule has 1 saturated heterocycles. The number of benzene rings is 3. The molecule has 1 aliphatic heterocycles. The summed E-state index contributed by atoms with van der Waals surface area (Å²) in [5, 5.41) is 8.78. The Kier molecular flexibility index (Phi) is 6.42. The van der Waals surface area contributed by atoms with Crippen molar-refractivity contribution in [1.29, 1.82) is 5.26 Å². The van der Waals surface area contributed by atoms with Crippen molar-refractivity contribution in [3.63, 3.8) is 0 Å². The third kappa shape index (κ3) is 3.95. The van der Waals surface area contributed by atoms with Crippen LogP contribution in [0.4, 0.5) is 0 Å². The number of nitrogens with zero attached hydrogens (tertiary/aromatic N) is 2. The summed E-state index contributed by atoms with van der Waals surface area (Å²) in [5.74, 6) is 0.644. The number of nitriles is 1. The van der Waals surface area contributed by atoms with E-state index >= 15 is 0 Å². The molecule has 2 heteroatoms. The second-order valence-corrected chi connectivity index (χ2v) is 8.01. The zero-order chi connectivity index (χ0) is 20.7. The average Bonchev–Trinajstić information content (AvgIpc) is 2.83. The maximum Gasteiger partial charge on any atom is 0.0972 e. The number of rotatable bonds is 6. The Morgan fingerprint density at radius 2 is 1.20 bits per heavy atom. The Balaban J connectivity index is 1.79. The normalized spacial score (nSPS) is 15.8. The van der Waals surface area contributed by atoms with Crippen molar-refractivity contribution in [1.82, 2.24) is 4.90 Å². The first-order valence-corrected chi connectivity index (χ1v) is 10.8. The quantitative estimate of drug-likeness (QED) is 0.371. The number of hydrogen-bond donors (Lipinski definition) is 0. The molecule has 0 amide bonds. The molecular formula is C28H28N2. The van der Waals surface area contributed by atoms with Crippen LogP contribution in [0.25, 0.3) is 0 Å². The van der Waals surface area contributed by atoms with Gasteiger partial charge in [-0.25, -0.2) is 0 Å². The first kappa shape index (κ1) is 20.1. The fourth-order valence-corrected chi connectivity index (χ4v) is 4.90. The second kappa shape index (κ2) is 9.57. The molecule has 30 heavy (non-hydrogen) atoms. The minimum absolute atomic E-state index is 0.308. The molecule has 0 N–H and O–H groups in total. The first-order valence-electron chi connectivity index (χ1n) is 10.8. The lowest BCUT2D eigenvalue weighted by atomic mass is 9.74. The van der Waals surface area contributed by atoms with Gasteiger partial charge >= 0.3 is 0 Å². The fraction of sp³-hybridized carbons (Fsp3) is 0.250. The Morgan fingerprint density at radius 1 is 0.767 bits per heavy atom. The van der Waals surface area contributed by atoms with Crippen LogP contribution in [0.2, 0.25) is 0 Å². The minimum Gasteiger partial charge on any atom is -0.286 e. The van der Waals surface area contributed by atoms with Crippen LogP contribution in [0.3, 0.4) is 0 Å². The van der Waals surface area contributed by atoms with Gasteiger partial charge in [0, 0.05) is 6.08 Å². The van der Waals surface area contributed by atoms with Crippen LogP contribution in [-0.4, -0.2) is 18.0 Å². The summed E-state index contributed by atoms with van der Waals surface area (Å²) in [6, 6.07) is 34.9. The van der Waals surface area contributed by atoms with Crippen LogP contribution in [0, 0.1) is 17.2 Å². The molecule has 1 aliphatic rings. The molecule has 2 nitrogen and oxygen atoms in total. The highest BCUT2D eigenvalue weighted by Gasteiger charge is 2.43. The SMILES string of the molecule is N#C/C=C/CC1CCN(C(c2ccccc2)(c2ccccc2)c2ccccc2)CC1. The van der Waals surface area contributed by atoms with E-state index in [0.717, 1.165) is 32.4 Å². The Morgan fingerprint density at radius 3 is 1.60 bits per heavy atom. The zero-order valence-electron chi connectivity index (χ0n) is 17.3. The number of piperidine rings is 1. The van der Waals surface area contributed by atoms with Crippen LogP contribution in [0.15, 0.2) is 103 Å². The van der Waals surface area contributed by atoms with Crippen LogP contribution in [0.1, 0.15) is 36.0 Å². The van der Waals surface area contributed by atoms with Gasteiger partial charge in [0.15, 0.2) is 0 Å². The molecule has 0 spiro atoms. The largest absolute Gasteiger partial charge is 0.286 e. The minimum atomic E-state index is -0.308. The molecule has 1 heterocycles. The zero-order valence-corrected chi connectivity index (χ0v) is 17.3. The third-order valence-corrected chi connectivity index (χ3v) is 6.33. The van der Waals surface area contributed by atoms with E-state index in [1.807, 2.05) is 6.08 Å². The highest BCUT2D eigenvalue weighted by atomic mass is 15.2. The van der Waals surface area contributed by atoms with Gasteiger partial charge in [0.25, 0.3) is 0 Å². The molecule has 0 atom stereocenters. The molecule has 0 radical (unpaired) electrons. The lowest BCUT2D eigenvalue weighted by molar-refractivity contribution is 0.102. The van der Waals surface area contributed by atoms with Crippen molar-refractivity contribution < 1.29 is 0 Å². The van der Waals surface area contributed by atoms with Crippen molar-refractivity contribution >= 4 is 0 Å². The summed E-state index contributed by atoms with van der Waals surface area (Å²) in [5.41, 5.74) is 3.62. The molecule has 0 aliphatic carbocycles. The molecule has 0 saturated carbocycles.